The molecule has 0 spiro atoms. The lowest BCUT2D eigenvalue weighted by Crippen LogP contribution is -2.00. The Morgan fingerprint density at radius 2 is 0.870 bits per heavy atom. The summed E-state index contributed by atoms with van der Waals surface area (Å²) in [5, 5.41) is 7.12. The molecule has 3 aromatic heterocycles. The summed E-state index contributed by atoms with van der Waals surface area (Å²) < 4.78 is 8.99. The van der Waals surface area contributed by atoms with Gasteiger partial charge in [0.2, 0.25) is 0 Å². The Labute approximate surface area is 310 Å². The molecule has 0 aliphatic heterocycles. The Kier molecular flexibility index (Phi) is 6.79. The second-order valence-corrected chi connectivity index (χ2v) is 13.6. The summed E-state index contributed by atoms with van der Waals surface area (Å²) >= 11 is 0. The molecule has 0 fully saturated rings. The highest BCUT2D eigenvalue weighted by molar-refractivity contribution is 6.21. The van der Waals surface area contributed by atoms with Crippen LogP contribution in [0.25, 0.3) is 105 Å². The van der Waals surface area contributed by atoms with Crippen LogP contribution in [0.4, 0.5) is 0 Å². The Balaban J connectivity index is 1.04. The Morgan fingerprint density at radius 1 is 0.352 bits per heavy atom. The molecule has 0 unspecified atom stereocenters. The minimum absolute atomic E-state index is 0.598. The highest BCUT2D eigenvalue weighted by atomic mass is 16.3. The van der Waals surface area contributed by atoms with Crippen molar-refractivity contribution in [1.82, 2.24) is 19.5 Å². The summed E-state index contributed by atoms with van der Waals surface area (Å²) in [5.41, 5.74) is 10.1. The molecule has 3 heterocycles. The van der Waals surface area contributed by atoms with E-state index in [1.807, 2.05) is 66.7 Å². The zero-order chi connectivity index (χ0) is 35.6. The molecule has 54 heavy (non-hydrogen) atoms. The smallest absolute Gasteiger partial charge is 0.164 e. The van der Waals surface area contributed by atoms with Crippen molar-refractivity contribution < 1.29 is 4.42 Å². The van der Waals surface area contributed by atoms with Crippen molar-refractivity contribution in [3.8, 4) is 51.0 Å². The first-order valence-corrected chi connectivity index (χ1v) is 18.1. The van der Waals surface area contributed by atoms with E-state index in [0.29, 0.717) is 17.5 Å². The van der Waals surface area contributed by atoms with Crippen molar-refractivity contribution in [2.24, 2.45) is 0 Å². The minimum atomic E-state index is 0.598. The maximum absolute atomic E-state index is 6.61. The quantitative estimate of drug-likeness (QED) is 0.180. The molecule has 5 heteroatoms. The number of rotatable bonds is 5. The van der Waals surface area contributed by atoms with Crippen LogP contribution in [0.1, 0.15) is 0 Å². The van der Waals surface area contributed by atoms with E-state index in [-0.39, 0.29) is 0 Å². The van der Waals surface area contributed by atoms with Gasteiger partial charge < -0.3 is 8.98 Å². The predicted molar refractivity (Wildman–Crippen MR) is 221 cm³/mol. The summed E-state index contributed by atoms with van der Waals surface area (Å²) in [6.45, 7) is 0. The van der Waals surface area contributed by atoms with E-state index in [9.17, 15) is 0 Å². The lowest BCUT2D eigenvalue weighted by Gasteiger charge is -2.09. The van der Waals surface area contributed by atoms with Crippen LogP contribution in [0.2, 0.25) is 0 Å². The molecule has 5 nitrogen and oxygen atoms in total. The van der Waals surface area contributed by atoms with E-state index in [1.54, 1.807) is 0 Å². The van der Waals surface area contributed by atoms with Gasteiger partial charge in [-0.1, -0.05) is 133 Å². The molecule has 0 aliphatic rings. The number of fused-ring (bicyclic) bond motifs is 8. The van der Waals surface area contributed by atoms with Crippen LogP contribution >= 0.6 is 0 Å². The van der Waals surface area contributed by atoms with E-state index < -0.39 is 0 Å². The third-order valence-electron chi connectivity index (χ3n) is 10.4. The average molecular weight is 691 g/mol. The topological polar surface area (TPSA) is 56.7 Å². The van der Waals surface area contributed by atoms with Crippen LogP contribution in [-0.4, -0.2) is 19.5 Å². The first-order valence-electron chi connectivity index (χ1n) is 18.1. The van der Waals surface area contributed by atoms with Gasteiger partial charge in [-0.05, 0) is 70.4 Å². The van der Waals surface area contributed by atoms with Gasteiger partial charge in [0, 0.05) is 43.9 Å². The van der Waals surface area contributed by atoms with Gasteiger partial charge in [0.25, 0.3) is 0 Å². The van der Waals surface area contributed by atoms with Gasteiger partial charge in [-0.2, -0.15) is 0 Å². The predicted octanol–water partition coefficient (Wildman–Crippen LogP) is 12.7. The van der Waals surface area contributed by atoms with Gasteiger partial charge in [0.15, 0.2) is 17.5 Å². The number of nitrogens with zero attached hydrogens (tertiary/aromatic N) is 4. The zero-order valence-corrected chi connectivity index (χ0v) is 29.0. The maximum Gasteiger partial charge on any atom is 0.164 e. The number of benzene rings is 8. The molecule has 0 bridgehead atoms. The fourth-order valence-corrected chi connectivity index (χ4v) is 7.86. The Morgan fingerprint density at radius 3 is 1.54 bits per heavy atom. The minimum Gasteiger partial charge on any atom is -0.456 e. The molecule has 0 radical (unpaired) electrons. The van der Waals surface area contributed by atoms with Gasteiger partial charge >= 0.3 is 0 Å². The molecule has 0 amide bonds. The lowest BCUT2D eigenvalue weighted by molar-refractivity contribution is 0.669. The van der Waals surface area contributed by atoms with Crippen molar-refractivity contribution in [3.63, 3.8) is 0 Å². The molecule has 8 aromatic carbocycles. The summed E-state index contributed by atoms with van der Waals surface area (Å²) in [6, 6.07) is 63.4. The monoisotopic (exact) mass is 690 g/mol. The molecule has 11 rings (SSSR count). The number of aromatic nitrogens is 4. The molecular formula is C49H30N4O. The first kappa shape index (κ1) is 30.3. The molecule has 252 valence electrons. The summed E-state index contributed by atoms with van der Waals surface area (Å²) in [6.07, 6.45) is 0. The molecule has 11 aromatic rings. The van der Waals surface area contributed by atoms with E-state index in [2.05, 4.69) is 120 Å². The van der Waals surface area contributed by atoms with Gasteiger partial charge in [-0.25, -0.2) is 15.0 Å². The number of hydrogen-bond acceptors (Lipinski definition) is 4. The zero-order valence-electron chi connectivity index (χ0n) is 29.0. The summed E-state index contributed by atoms with van der Waals surface area (Å²) in [4.78, 5) is 14.7. The highest BCUT2D eigenvalue weighted by Gasteiger charge is 2.18. The van der Waals surface area contributed by atoms with Gasteiger partial charge in [-0.15, -0.1) is 0 Å². The number of furan rings is 1. The lowest BCUT2D eigenvalue weighted by atomic mass is 10.00. The second kappa shape index (κ2) is 12.1. The molecule has 0 saturated heterocycles. The maximum atomic E-state index is 6.61. The number of para-hydroxylation sites is 1. The first-order chi connectivity index (χ1) is 26.7. The Hall–Kier alpha value is -7.37. The van der Waals surface area contributed by atoms with E-state index in [1.165, 1.54) is 32.6 Å². The third kappa shape index (κ3) is 4.90. The average Bonchev–Trinajstić information content (AvgIpc) is 3.79. The SMILES string of the molecule is c1ccc(-c2nc(-c3ccccc3)nc(-c3ccc4c(c3)oc3cc(-c5ccc6c7c8ccccc8ccc7n(-c7ccccc7)c6c5)ccc34)n2)cc1. The van der Waals surface area contributed by atoms with Crippen molar-refractivity contribution in [2.45, 2.75) is 0 Å². The number of hydrogen-bond donors (Lipinski definition) is 0. The fraction of sp³-hybridized carbons (Fsp3) is 0. The largest absolute Gasteiger partial charge is 0.456 e. The van der Waals surface area contributed by atoms with E-state index in [0.717, 1.165) is 55.4 Å². The second-order valence-electron chi connectivity index (χ2n) is 13.6. The van der Waals surface area contributed by atoms with E-state index >= 15 is 0 Å². The Bertz CT molecular complexity index is 3140. The molecule has 0 atom stereocenters. The third-order valence-corrected chi connectivity index (χ3v) is 10.4. The standard InChI is InChI=1S/C49H30N4O/c1-4-13-32(14-5-1)47-50-48(33-15-6-2-7-16-33)52-49(51-47)36-22-25-40-39-24-20-35(29-44(39)54-45(40)30-36)34-21-26-41-43(28-34)53(37-17-8-3-9-18-37)42-27-23-31-12-10-11-19-38(31)46(41)42/h1-30H. The van der Waals surface area contributed by atoms with Crippen LogP contribution in [0, 0.1) is 0 Å². The van der Waals surface area contributed by atoms with Gasteiger partial charge in [-0.3, -0.25) is 0 Å². The summed E-state index contributed by atoms with van der Waals surface area (Å²) in [7, 11) is 0. The van der Waals surface area contributed by atoms with Crippen molar-refractivity contribution in [2.75, 3.05) is 0 Å². The molecule has 0 aliphatic carbocycles. The molecule has 0 N–H and O–H groups in total. The van der Waals surface area contributed by atoms with Crippen molar-refractivity contribution in [3.05, 3.63) is 182 Å². The molecular weight excluding hydrogens is 661 g/mol. The van der Waals surface area contributed by atoms with Crippen molar-refractivity contribution >= 4 is 54.5 Å². The normalized spacial score (nSPS) is 11.7. The highest BCUT2D eigenvalue weighted by Crippen LogP contribution is 2.40. The van der Waals surface area contributed by atoms with Gasteiger partial charge in [0.1, 0.15) is 11.2 Å². The van der Waals surface area contributed by atoms with Crippen LogP contribution < -0.4 is 0 Å². The molecule has 0 saturated carbocycles. The van der Waals surface area contributed by atoms with Crippen molar-refractivity contribution in [1.29, 1.82) is 0 Å². The fourth-order valence-electron chi connectivity index (χ4n) is 7.86. The van der Waals surface area contributed by atoms with E-state index in [4.69, 9.17) is 19.4 Å². The van der Waals surface area contributed by atoms with Gasteiger partial charge in [0.05, 0.1) is 11.0 Å². The van der Waals surface area contributed by atoms with Crippen LogP contribution in [-0.2, 0) is 0 Å². The van der Waals surface area contributed by atoms with Crippen LogP contribution in [0.15, 0.2) is 186 Å². The van der Waals surface area contributed by atoms with Crippen LogP contribution in [0.3, 0.4) is 0 Å². The van der Waals surface area contributed by atoms with Crippen LogP contribution in [0.5, 0.6) is 0 Å². The summed E-state index contributed by atoms with van der Waals surface area (Å²) in [5.74, 6) is 1.86.